The van der Waals surface area contributed by atoms with Gasteiger partial charge in [0.2, 0.25) is 0 Å². The van der Waals surface area contributed by atoms with Crippen LogP contribution in [0.3, 0.4) is 0 Å². The monoisotopic (exact) mass is 251 g/mol. The first kappa shape index (κ1) is 11.5. The number of halogens is 1. The van der Waals surface area contributed by atoms with Crippen LogP contribution in [-0.2, 0) is 0 Å². The lowest BCUT2D eigenvalue weighted by atomic mass is 10.1. The molecule has 0 amide bonds. The summed E-state index contributed by atoms with van der Waals surface area (Å²) in [4.78, 5) is 12.7. The second-order valence-corrected chi connectivity index (χ2v) is 4.01. The summed E-state index contributed by atoms with van der Waals surface area (Å²) in [5.41, 5.74) is 2.58. The molecule has 0 aliphatic rings. The topological polar surface area (TPSA) is 38.7 Å². The lowest BCUT2D eigenvalue weighted by Crippen LogP contribution is -1.91. The standard InChI is InChI=1S/C15H10FN3/c16-13-3-1-12(2-4-13)15-18-10-7-14(19-15)11-5-8-17-9-6-11/h1-10H. The number of rotatable bonds is 2. The first-order valence-electron chi connectivity index (χ1n) is 5.82. The van der Waals surface area contributed by atoms with Crippen molar-refractivity contribution in [3.05, 3.63) is 66.9 Å². The highest BCUT2D eigenvalue weighted by atomic mass is 19.1. The molecular formula is C15H10FN3. The largest absolute Gasteiger partial charge is 0.265 e. The summed E-state index contributed by atoms with van der Waals surface area (Å²) in [6.45, 7) is 0. The Morgan fingerprint density at radius 3 is 2.21 bits per heavy atom. The molecule has 2 aromatic heterocycles. The Hall–Kier alpha value is -2.62. The summed E-state index contributed by atoms with van der Waals surface area (Å²) in [6.07, 6.45) is 5.13. The van der Waals surface area contributed by atoms with Gasteiger partial charge in [0, 0.05) is 29.7 Å². The minimum Gasteiger partial charge on any atom is -0.265 e. The van der Waals surface area contributed by atoms with Crippen molar-refractivity contribution in [3.8, 4) is 22.6 Å². The van der Waals surface area contributed by atoms with Gasteiger partial charge >= 0.3 is 0 Å². The Bertz CT molecular complexity index is 681. The van der Waals surface area contributed by atoms with E-state index in [0.717, 1.165) is 16.8 Å². The highest BCUT2D eigenvalue weighted by Crippen LogP contribution is 2.20. The Kier molecular flexibility index (Phi) is 2.98. The van der Waals surface area contributed by atoms with Gasteiger partial charge in [0.15, 0.2) is 5.82 Å². The molecule has 0 saturated heterocycles. The van der Waals surface area contributed by atoms with Gasteiger partial charge in [-0.3, -0.25) is 4.98 Å². The van der Waals surface area contributed by atoms with E-state index in [4.69, 9.17) is 0 Å². The molecule has 3 rings (SSSR count). The summed E-state index contributed by atoms with van der Waals surface area (Å²) < 4.78 is 12.9. The Morgan fingerprint density at radius 1 is 0.737 bits per heavy atom. The van der Waals surface area contributed by atoms with E-state index >= 15 is 0 Å². The van der Waals surface area contributed by atoms with Crippen molar-refractivity contribution in [1.82, 2.24) is 15.0 Å². The lowest BCUT2D eigenvalue weighted by molar-refractivity contribution is 0.628. The first-order valence-corrected chi connectivity index (χ1v) is 5.82. The Labute approximate surface area is 109 Å². The average Bonchev–Trinajstić information content (AvgIpc) is 2.49. The summed E-state index contributed by atoms with van der Waals surface area (Å²) in [5, 5.41) is 0. The molecular weight excluding hydrogens is 241 g/mol. The van der Waals surface area contributed by atoms with Gasteiger partial charge in [0.05, 0.1) is 5.69 Å². The van der Waals surface area contributed by atoms with Crippen LogP contribution in [-0.4, -0.2) is 15.0 Å². The molecule has 0 aliphatic carbocycles. The molecule has 0 N–H and O–H groups in total. The molecule has 19 heavy (non-hydrogen) atoms. The van der Waals surface area contributed by atoms with Gasteiger partial charge in [-0.05, 0) is 42.5 Å². The van der Waals surface area contributed by atoms with Crippen molar-refractivity contribution in [2.45, 2.75) is 0 Å². The van der Waals surface area contributed by atoms with Gasteiger partial charge in [0.1, 0.15) is 5.82 Å². The average molecular weight is 251 g/mol. The van der Waals surface area contributed by atoms with Crippen LogP contribution >= 0.6 is 0 Å². The molecule has 0 unspecified atom stereocenters. The normalized spacial score (nSPS) is 10.4. The van der Waals surface area contributed by atoms with Crippen LogP contribution in [0, 0.1) is 5.82 Å². The molecule has 92 valence electrons. The number of benzene rings is 1. The summed E-state index contributed by atoms with van der Waals surface area (Å²) in [7, 11) is 0. The molecule has 0 fully saturated rings. The number of hydrogen-bond acceptors (Lipinski definition) is 3. The molecule has 3 aromatic rings. The summed E-state index contributed by atoms with van der Waals surface area (Å²) in [5.74, 6) is 0.309. The van der Waals surface area contributed by atoms with E-state index in [1.165, 1.54) is 12.1 Å². The number of aromatic nitrogens is 3. The molecule has 0 saturated carbocycles. The molecule has 1 aromatic carbocycles. The van der Waals surface area contributed by atoms with Crippen LogP contribution in [0.2, 0.25) is 0 Å². The van der Waals surface area contributed by atoms with E-state index in [1.54, 1.807) is 30.7 Å². The molecule has 3 nitrogen and oxygen atoms in total. The molecule has 0 bridgehead atoms. The van der Waals surface area contributed by atoms with Crippen molar-refractivity contribution in [2.75, 3.05) is 0 Å². The maximum absolute atomic E-state index is 12.9. The zero-order valence-corrected chi connectivity index (χ0v) is 9.99. The first-order chi connectivity index (χ1) is 9.33. The SMILES string of the molecule is Fc1ccc(-c2nccc(-c3ccncc3)n2)cc1. The molecule has 0 atom stereocenters. The van der Waals surface area contributed by atoms with E-state index < -0.39 is 0 Å². The zero-order chi connectivity index (χ0) is 13.1. The fourth-order valence-corrected chi connectivity index (χ4v) is 1.78. The minimum atomic E-state index is -0.269. The third-order valence-electron chi connectivity index (χ3n) is 2.73. The fourth-order valence-electron chi connectivity index (χ4n) is 1.78. The van der Waals surface area contributed by atoms with Crippen molar-refractivity contribution in [1.29, 1.82) is 0 Å². The molecule has 0 spiro atoms. The van der Waals surface area contributed by atoms with E-state index in [0.29, 0.717) is 5.82 Å². The van der Waals surface area contributed by atoms with Gasteiger partial charge in [-0.1, -0.05) is 0 Å². The summed E-state index contributed by atoms with van der Waals surface area (Å²) in [6, 6.07) is 11.7. The van der Waals surface area contributed by atoms with E-state index in [-0.39, 0.29) is 5.82 Å². The van der Waals surface area contributed by atoms with Gasteiger partial charge in [-0.15, -0.1) is 0 Å². The molecule has 2 heterocycles. The predicted molar refractivity (Wildman–Crippen MR) is 70.7 cm³/mol. The van der Waals surface area contributed by atoms with Crippen LogP contribution in [0.1, 0.15) is 0 Å². The third-order valence-corrected chi connectivity index (χ3v) is 2.73. The van der Waals surface area contributed by atoms with Crippen LogP contribution in [0.5, 0.6) is 0 Å². The Morgan fingerprint density at radius 2 is 1.47 bits per heavy atom. The number of nitrogens with zero attached hydrogens (tertiary/aromatic N) is 3. The van der Waals surface area contributed by atoms with E-state index in [1.807, 2.05) is 18.2 Å². The lowest BCUT2D eigenvalue weighted by Gasteiger charge is -2.03. The van der Waals surface area contributed by atoms with Crippen LogP contribution in [0.15, 0.2) is 61.1 Å². The van der Waals surface area contributed by atoms with Gasteiger partial charge < -0.3 is 0 Å². The van der Waals surface area contributed by atoms with Gasteiger partial charge in [-0.25, -0.2) is 14.4 Å². The van der Waals surface area contributed by atoms with Gasteiger partial charge in [-0.2, -0.15) is 0 Å². The Balaban J connectivity index is 2.03. The third kappa shape index (κ3) is 2.47. The predicted octanol–water partition coefficient (Wildman–Crippen LogP) is 3.34. The van der Waals surface area contributed by atoms with E-state index in [2.05, 4.69) is 15.0 Å². The molecule has 4 heteroatoms. The second kappa shape index (κ2) is 4.94. The summed E-state index contributed by atoms with van der Waals surface area (Å²) >= 11 is 0. The molecule has 0 aliphatic heterocycles. The van der Waals surface area contributed by atoms with Crippen molar-refractivity contribution in [2.24, 2.45) is 0 Å². The van der Waals surface area contributed by atoms with Crippen molar-refractivity contribution < 1.29 is 4.39 Å². The second-order valence-electron chi connectivity index (χ2n) is 4.01. The van der Waals surface area contributed by atoms with Gasteiger partial charge in [0.25, 0.3) is 0 Å². The van der Waals surface area contributed by atoms with Crippen LogP contribution < -0.4 is 0 Å². The number of pyridine rings is 1. The maximum atomic E-state index is 12.9. The van der Waals surface area contributed by atoms with E-state index in [9.17, 15) is 4.39 Å². The smallest absolute Gasteiger partial charge is 0.159 e. The molecule has 0 radical (unpaired) electrons. The quantitative estimate of drug-likeness (QED) is 0.701. The fraction of sp³-hybridized carbons (Fsp3) is 0. The zero-order valence-electron chi connectivity index (χ0n) is 9.99. The maximum Gasteiger partial charge on any atom is 0.159 e. The highest BCUT2D eigenvalue weighted by Gasteiger charge is 2.04. The minimum absolute atomic E-state index is 0.269. The van der Waals surface area contributed by atoms with Crippen molar-refractivity contribution in [3.63, 3.8) is 0 Å². The highest BCUT2D eigenvalue weighted by molar-refractivity contribution is 5.62. The number of hydrogen-bond donors (Lipinski definition) is 0. The van der Waals surface area contributed by atoms with Crippen LogP contribution in [0.25, 0.3) is 22.6 Å². The van der Waals surface area contributed by atoms with Crippen molar-refractivity contribution >= 4 is 0 Å². The van der Waals surface area contributed by atoms with Crippen LogP contribution in [0.4, 0.5) is 4.39 Å².